The van der Waals surface area contributed by atoms with E-state index in [1.165, 1.54) is 51.3 Å². The number of hydrogen-bond acceptors (Lipinski definition) is 11. The van der Waals surface area contributed by atoms with Crippen molar-refractivity contribution < 1.29 is 61.1 Å². The summed E-state index contributed by atoms with van der Waals surface area (Å²) in [4.78, 5) is 143. The molecule has 1 aliphatic heterocycles. The zero-order valence-electron chi connectivity index (χ0n) is 53.5. The largest absolute Gasteiger partial charge is 0.416 e. The number of benzene rings is 1. The molecule has 1 fully saturated rings. The number of nitrogens with zero attached hydrogens (tertiary/aromatic N) is 3. The number of hydrogen-bond donors (Lipinski definition) is 8. The second-order valence-electron chi connectivity index (χ2n) is 25.9. The average molecular weight is 1210 g/mol. The lowest BCUT2D eigenvalue weighted by molar-refractivity contribution is -0.140. The van der Waals surface area contributed by atoms with Crippen molar-refractivity contribution in [2.24, 2.45) is 17.8 Å². The molecule has 482 valence electrons. The summed E-state index contributed by atoms with van der Waals surface area (Å²) in [7, 11) is 3.77. The molecule has 8 N–H and O–H groups in total. The summed E-state index contributed by atoms with van der Waals surface area (Å²) >= 11 is 0. The maximum absolute atomic E-state index is 14.6. The van der Waals surface area contributed by atoms with Crippen molar-refractivity contribution >= 4 is 59.6 Å². The maximum Gasteiger partial charge on any atom is 0.416 e. The second-order valence-corrected chi connectivity index (χ2v) is 25.9. The minimum absolute atomic E-state index is 0.0114. The fourth-order valence-corrected chi connectivity index (χ4v) is 9.99. The standard InChI is InChI=1S/C61H102F3N11O10/c1-17-18-19-20-21-22-24-47(75(37-76)49-25-23-32-74(49)54(82)42-26-28-43(29-27-42)61(62,63)64)53(81)68-46(35-40(6)7)52(80)70-59(11,12)56(84)69-44(33-38(2)3)50(78)67-45(34-39(4)5)51(79)71-60(13,14)57(85)72-58(9,10)55(83)65-31-30-48(77)66-41(8)36-73(15)16/h26-29,37-41,44-47,49H,17-25,30-36H2,1-16H3,(H,65,83)(H,66,77)(H,67,78)(H,68,81)(H,69,84)(H,70,80)(H,71,79)(H,72,85)/t41-,44-,45-,46-,47-,49+/m0/s1. The molecule has 0 aliphatic carbocycles. The molecule has 0 unspecified atom stereocenters. The van der Waals surface area contributed by atoms with E-state index in [0.29, 0.717) is 25.8 Å². The molecule has 24 heteroatoms. The Kier molecular flexibility index (Phi) is 30.0. The van der Waals surface area contributed by atoms with Crippen LogP contribution in [0.1, 0.15) is 196 Å². The van der Waals surface area contributed by atoms with Gasteiger partial charge in [0.15, 0.2) is 0 Å². The highest BCUT2D eigenvalue weighted by atomic mass is 19.4. The third-order valence-electron chi connectivity index (χ3n) is 14.6. The topological polar surface area (TPSA) is 277 Å². The summed E-state index contributed by atoms with van der Waals surface area (Å²) in [5, 5.41) is 22.0. The predicted molar refractivity (Wildman–Crippen MR) is 320 cm³/mol. The third-order valence-corrected chi connectivity index (χ3v) is 14.6. The lowest BCUT2D eigenvalue weighted by Crippen LogP contribution is -2.65. The molecule has 10 amide bonds. The van der Waals surface area contributed by atoms with Crippen molar-refractivity contribution in [1.29, 1.82) is 0 Å². The van der Waals surface area contributed by atoms with E-state index in [2.05, 4.69) is 49.5 Å². The van der Waals surface area contributed by atoms with Crippen LogP contribution in [0, 0.1) is 17.8 Å². The predicted octanol–water partition coefficient (Wildman–Crippen LogP) is 5.69. The van der Waals surface area contributed by atoms with Crippen LogP contribution in [0.15, 0.2) is 24.3 Å². The van der Waals surface area contributed by atoms with Gasteiger partial charge in [-0.3, -0.25) is 47.9 Å². The SMILES string of the molecule is CCCCCCCC[C@@H](C(=O)N[C@@H](CC(C)C)C(=O)NC(C)(C)C(=O)N[C@@H](CC(C)C)C(=O)N[C@@H](CC(C)C)C(=O)NC(C)(C)C(=O)NC(C)(C)C(=O)NCCC(=O)N[C@@H](C)CN(C)C)N(C=O)[C@@H]1CCCN1C(=O)c1ccc(C(F)(F)F)cc1. The number of amides is 10. The van der Waals surface area contributed by atoms with Gasteiger partial charge in [-0.25, -0.2) is 0 Å². The Balaban J connectivity index is 2.32. The number of likely N-dealkylation sites (N-methyl/N-ethyl adjacent to an activating group) is 1. The van der Waals surface area contributed by atoms with Gasteiger partial charge >= 0.3 is 6.18 Å². The van der Waals surface area contributed by atoms with Gasteiger partial charge in [-0.05, 0) is 143 Å². The average Bonchev–Trinajstić information content (AvgIpc) is 3.88. The van der Waals surface area contributed by atoms with Crippen LogP contribution in [0.2, 0.25) is 0 Å². The fraction of sp³-hybridized carbons (Fsp3) is 0.738. The quantitative estimate of drug-likeness (QED) is 0.0298. The Bertz CT molecular complexity index is 2400. The number of halogens is 3. The van der Waals surface area contributed by atoms with E-state index in [1.54, 1.807) is 0 Å². The molecule has 21 nitrogen and oxygen atoms in total. The first-order chi connectivity index (χ1) is 39.4. The van der Waals surface area contributed by atoms with Crippen molar-refractivity contribution in [3.63, 3.8) is 0 Å². The summed E-state index contributed by atoms with van der Waals surface area (Å²) in [6.07, 6.45) is 1.33. The van der Waals surface area contributed by atoms with Crippen LogP contribution in [0.4, 0.5) is 13.2 Å². The first kappa shape index (κ1) is 74.8. The molecule has 1 aromatic rings. The van der Waals surface area contributed by atoms with Crippen LogP contribution in [-0.2, 0) is 49.3 Å². The molecule has 0 aromatic heterocycles. The van der Waals surface area contributed by atoms with Gasteiger partial charge in [-0.1, -0.05) is 87.0 Å². The Morgan fingerprint density at radius 1 is 0.624 bits per heavy atom. The number of likely N-dealkylation sites (tertiary alicyclic amines) is 1. The number of alkyl halides is 3. The molecule has 85 heavy (non-hydrogen) atoms. The Hall–Kier alpha value is -6.33. The van der Waals surface area contributed by atoms with Gasteiger partial charge in [0, 0.05) is 37.7 Å². The molecule has 1 aliphatic rings. The highest BCUT2D eigenvalue weighted by Crippen LogP contribution is 2.31. The number of nitrogens with one attached hydrogen (secondary N) is 8. The lowest BCUT2D eigenvalue weighted by atomic mass is 9.96. The van der Waals surface area contributed by atoms with Crippen LogP contribution in [0.5, 0.6) is 0 Å². The summed E-state index contributed by atoms with van der Waals surface area (Å²) in [5.41, 5.74) is -5.74. The maximum atomic E-state index is 14.6. The fourth-order valence-electron chi connectivity index (χ4n) is 9.99. The van der Waals surface area contributed by atoms with E-state index in [0.717, 1.165) is 56.4 Å². The summed E-state index contributed by atoms with van der Waals surface area (Å²) in [5.74, 6) is -6.23. The zero-order chi connectivity index (χ0) is 64.8. The van der Waals surface area contributed by atoms with Crippen LogP contribution < -0.4 is 42.5 Å². The minimum atomic E-state index is -4.62. The normalized spacial score (nSPS) is 15.8. The first-order valence-electron chi connectivity index (χ1n) is 30.2. The molecular formula is C61H102F3N11O10. The molecule has 0 bridgehead atoms. The minimum Gasteiger partial charge on any atom is -0.354 e. The van der Waals surface area contributed by atoms with Crippen LogP contribution in [-0.4, -0.2) is 161 Å². The van der Waals surface area contributed by atoms with E-state index in [9.17, 15) is 61.1 Å². The molecular weight excluding hydrogens is 1100 g/mol. The molecule has 1 heterocycles. The molecule has 0 radical (unpaired) electrons. The molecule has 0 spiro atoms. The van der Waals surface area contributed by atoms with Crippen molar-refractivity contribution in [3.05, 3.63) is 35.4 Å². The summed E-state index contributed by atoms with van der Waals surface area (Å²) in [6.45, 7) is 24.5. The van der Waals surface area contributed by atoms with E-state index >= 15 is 0 Å². The smallest absolute Gasteiger partial charge is 0.354 e. The van der Waals surface area contributed by atoms with Gasteiger partial charge in [0.25, 0.3) is 5.91 Å². The number of carbonyl (C=O) groups is 10. The lowest BCUT2D eigenvalue weighted by Gasteiger charge is -2.38. The molecule has 0 saturated carbocycles. The number of unbranched alkanes of at least 4 members (excludes halogenated alkanes) is 5. The van der Waals surface area contributed by atoms with E-state index < -0.39 is 106 Å². The van der Waals surface area contributed by atoms with Gasteiger partial charge in [-0.2, -0.15) is 13.2 Å². The molecule has 6 atom stereocenters. The molecule has 1 saturated heterocycles. The van der Waals surface area contributed by atoms with Crippen molar-refractivity contribution in [3.8, 4) is 0 Å². The monoisotopic (exact) mass is 1210 g/mol. The number of rotatable bonds is 36. The van der Waals surface area contributed by atoms with E-state index in [4.69, 9.17) is 0 Å². The van der Waals surface area contributed by atoms with Crippen molar-refractivity contribution in [2.75, 3.05) is 33.7 Å². The Morgan fingerprint density at radius 2 is 1.11 bits per heavy atom. The van der Waals surface area contributed by atoms with Gasteiger partial charge in [0.2, 0.25) is 53.7 Å². The van der Waals surface area contributed by atoms with E-state index in [-0.39, 0.29) is 86.9 Å². The van der Waals surface area contributed by atoms with Crippen molar-refractivity contribution in [2.45, 2.75) is 240 Å². The molecule has 1 aromatic carbocycles. The van der Waals surface area contributed by atoms with Gasteiger partial charge < -0.3 is 57.2 Å². The van der Waals surface area contributed by atoms with Crippen LogP contribution in [0.25, 0.3) is 0 Å². The second kappa shape index (κ2) is 34.1. The highest BCUT2D eigenvalue weighted by Gasteiger charge is 2.43. The Labute approximate surface area is 502 Å². The summed E-state index contributed by atoms with van der Waals surface area (Å²) in [6, 6.07) is -1.14. The van der Waals surface area contributed by atoms with Gasteiger partial charge in [-0.15, -0.1) is 0 Å². The van der Waals surface area contributed by atoms with Crippen LogP contribution in [0.3, 0.4) is 0 Å². The van der Waals surface area contributed by atoms with Crippen molar-refractivity contribution in [1.82, 2.24) is 57.2 Å². The first-order valence-corrected chi connectivity index (χ1v) is 30.2. The zero-order valence-corrected chi connectivity index (χ0v) is 53.5. The summed E-state index contributed by atoms with van der Waals surface area (Å²) < 4.78 is 40.2. The van der Waals surface area contributed by atoms with Crippen LogP contribution >= 0.6 is 0 Å². The van der Waals surface area contributed by atoms with Gasteiger partial charge in [0.1, 0.15) is 46.9 Å². The van der Waals surface area contributed by atoms with Gasteiger partial charge in [0.05, 0.1) is 5.56 Å². The molecule has 2 rings (SSSR count). The van der Waals surface area contributed by atoms with E-state index in [1.807, 2.05) is 67.5 Å². The third kappa shape index (κ3) is 25.3. The highest BCUT2D eigenvalue weighted by molar-refractivity contribution is 6.00. The Morgan fingerprint density at radius 3 is 1.60 bits per heavy atom. The number of carbonyl (C=O) groups excluding carboxylic acids is 10.